The van der Waals surface area contributed by atoms with Crippen molar-refractivity contribution in [3.05, 3.63) is 6.26 Å². The van der Waals surface area contributed by atoms with E-state index in [0.717, 1.165) is 15.6 Å². The average Bonchev–Trinajstić information content (AvgIpc) is 1.86. The van der Waals surface area contributed by atoms with Gasteiger partial charge in [0.05, 0.1) is 15.6 Å². The quantitative estimate of drug-likeness (QED) is 0.356. The lowest BCUT2D eigenvalue weighted by Crippen LogP contribution is -2.00. The van der Waals surface area contributed by atoms with Crippen LogP contribution in [-0.2, 0) is 0 Å². The predicted molar refractivity (Wildman–Crippen MR) is 23.9 cm³/mol. The van der Waals surface area contributed by atoms with E-state index >= 15 is 0 Å². The highest BCUT2D eigenvalue weighted by Gasteiger charge is 1.79. The molecule has 0 amide bonds. The smallest absolute Gasteiger partial charge is 0.141 e. The number of hydrogen-bond acceptors (Lipinski definition) is 3. The Hall–Kier alpha value is -0.643. The van der Waals surface area contributed by atoms with Crippen LogP contribution in [0, 0.1) is 0 Å². The summed E-state index contributed by atoms with van der Waals surface area (Å²) < 4.78 is 4.39. The zero-order chi connectivity index (χ0) is 4.41. The van der Waals surface area contributed by atoms with Crippen molar-refractivity contribution in [3.8, 4) is 0 Å². The third-order valence-corrected chi connectivity index (χ3v) is 0.905. The summed E-state index contributed by atoms with van der Waals surface area (Å²) in [4.78, 5) is 0. The van der Waals surface area contributed by atoms with Crippen molar-refractivity contribution in [3.63, 3.8) is 0 Å². The molecule has 0 atom stereocenters. The Labute approximate surface area is 37.8 Å². The molecule has 0 fully saturated rings. The highest BCUT2D eigenvalue weighted by molar-refractivity contribution is 6.30. The van der Waals surface area contributed by atoms with E-state index in [1.54, 1.807) is 6.26 Å². The Morgan fingerprint density at radius 1 is 1.83 bits per heavy atom. The molecule has 0 aliphatic carbocycles. The highest BCUT2D eigenvalue weighted by atomic mass is 28.1. The minimum atomic E-state index is 0.929. The lowest BCUT2D eigenvalue weighted by molar-refractivity contribution is 0.393. The lowest BCUT2D eigenvalue weighted by Gasteiger charge is -1.58. The molecule has 6 heavy (non-hydrogen) atoms. The molecule has 0 saturated carbocycles. The molecule has 0 unspecified atom stereocenters. The second-order valence-corrected chi connectivity index (χ2v) is 2.07. The minimum Gasteiger partial charge on any atom is -0.346 e. The second kappa shape index (κ2) is 1.21. The van der Waals surface area contributed by atoms with Gasteiger partial charge in [0.15, 0.2) is 0 Å². The van der Waals surface area contributed by atoms with Gasteiger partial charge < -0.3 is 4.52 Å². The SMILES string of the molecule is [SiH3]c1conn1. The molecule has 0 bridgehead atoms. The van der Waals surface area contributed by atoms with Gasteiger partial charge >= 0.3 is 0 Å². The molecule has 1 aromatic rings. The van der Waals surface area contributed by atoms with Crippen molar-refractivity contribution >= 4 is 15.6 Å². The van der Waals surface area contributed by atoms with Gasteiger partial charge in [-0.3, -0.25) is 0 Å². The maximum atomic E-state index is 4.39. The molecule has 0 saturated heterocycles. The fourth-order valence-electron chi connectivity index (χ4n) is 0.211. The Balaban J connectivity index is 3.05. The van der Waals surface area contributed by atoms with Crippen LogP contribution in [0.1, 0.15) is 0 Å². The van der Waals surface area contributed by atoms with Crippen molar-refractivity contribution in [1.82, 2.24) is 10.4 Å². The normalized spacial score (nSPS) is 9.33. The van der Waals surface area contributed by atoms with E-state index in [2.05, 4.69) is 14.9 Å². The summed E-state index contributed by atoms with van der Waals surface area (Å²) in [5, 5.41) is 7.75. The molecule has 1 aromatic heterocycles. The topological polar surface area (TPSA) is 38.9 Å². The van der Waals surface area contributed by atoms with E-state index in [4.69, 9.17) is 0 Å². The fourth-order valence-corrected chi connectivity index (χ4v) is 0.398. The van der Waals surface area contributed by atoms with Crippen LogP contribution in [-0.4, -0.2) is 20.6 Å². The van der Waals surface area contributed by atoms with Crippen LogP contribution in [0.5, 0.6) is 0 Å². The van der Waals surface area contributed by atoms with Crippen LogP contribution in [0.3, 0.4) is 0 Å². The molecule has 4 heteroatoms. The first kappa shape index (κ1) is 3.54. The van der Waals surface area contributed by atoms with Gasteiger partial charge in [0.25, 0.3) is 0 Å². The maximum Gasteiger partial charge on any atom is 0.141 e. The summed E-state index contributed by atoms with van der Waals surface area (Å²) in [5.74, 6) is 0. The van der Waals surface area contributed by atoms with Crippen LogP contribution >= 0.6 is 0 Å². The summed E-state index contributed by atoms with van der Waals surface area (Å²) in [5.41, 5.74) is 0. The Morgan fingerprint density at radius 2 is 2.67 bits per heavy atom. The molecule has 1 heterocycles. The number of aromatic nitrogens is 2. The molecule has 0 aliphatic rings. The zero-order valence-electron chi connectivity index (χ0n) is 3.38. The molecule has 1 rings (SSSR count). The molecular weight excluding hydrogens is 96.1 g/mol. The maximum absolute atomic E-state index is 4.39. The van der Waals surface area contributed by atoms with Gasteiger partial charge in [0, 0.05) is 5.27 Å². The second-order valence-electron chi connectivity index (χ2n) is 1.05. The van der Waals surface area contributed by atoms with Crippen molar-refractivity contribution < 1.29 is 4.52 Å². The first-order valence-electron chi connectivity index (χ1n) is 1.63. The van der Waals surface area contributed by atoms with Gasteiger partial charge in [-0.1, -0.05) is 0 Å². The third kappa shape index (κ3) is 0.461. The first-order chi connectivity index (χ1) is 2.89. The molecule has 0 aliphatic heterocycles. The van der Waals surface area contributed by atoms with Gasteiger partial charge in [0.2, 0.25) is 0 Å². The number of hydrogen-bond donors (Lipinski definition) is 0. The largest absolute Gasteiger partial charge is 0.346 e. The van der Waals surface area contributed by atoms with Crippen LogP contribution in [0.2, 0.25) is 0 Å². The van der Waals surface area contributed by atoms with Crippen molar-refractivity contribution in [2.45, 2.75) is 0 Å². The van der Waals surface area contributed by atoms with Crippen molar-refractivity contribution in [2.24, 2.45) is 0 Å². The Morgan fingerprint density at radius 3 is 2.83 bits per heavy atom. The van der Waals surface area contributed by atoms with Gasteiger partial charge in [-0.05, 0) is 0 Å². The Kier molecular flexibility index (Phi) is 0.718. The van der Waals surface area contributed by atoms with E-state index in [0.29, 0.717) is 0 Å². The summed E-state index contributed by atoms with van der Waals surface area (Å²) in [6.07, 6.45) is 1.55. The molecule has 0 N–H and O–H groups in total. The van der Waals surface area contributed by atoms with E-state index in [1.165, 1.54) is 0 Å². The van der Waals surface area contributed by atoms with E-state index in [-0.39, 0.29) is 0 Å². The molecule has 0 aromatic carbocycles. The molecule has 32 valence electrons. The van der Waals surface area contributed by atoms with Crippen molar-refractivity contribution in [1.29, 1.82) is 0 Å². The molecule has 0 radical (unpaired) electrons. The minimum absolute atomic E-state index is 0.929. The van der Waals surface area contributed by atoms with Crippen LogP contribution in [0.4, 0.5) is 0 Å². The Bertz CT molecular complexity index is 115. The predicted octanol–water partition coefficient (Wildman–Crippen LogP) is -1.94. The lowest BCUT2D eigenvalue weighted by atomic mass is 11.0. The summed E-state index contributed by atoms with van der Waals surface area (Å²) in [7, 11) is 0.929. The van der Waals surface area contributed by atoms with Crippen LogP contribution in [0.15, 0.2) is 10.8 Å². The molecular formula is C2H4N2OSi. The average molecular weight is 100 g/mol. The summed E-state index contributed by atoms with van der Waals surface area (Å²) in [6.45, 7) is 0. The third-order valence-electron chi connectivity index (χ3n) is 0.469. The van der Waals surface area contributed by atoms with Crippen LogP contribution < -0.4 is 5.32 Å². The van der Waals surface area contributed by atoms with E-state index < -0.39 is 0 Å². The number of rotatable bonds is 0. The fraction of sp³-hybridized carbons (Fsp3) is 0. The van der Waals surface area contributed by atoms with Crippen LogP contribution in [0.25, 0.3) is 0 Å². The summed E-state index contributed by atoms with van der Waals surface area (Å²) >= 11 is 0. The van der Waals surface area contributed by atoms with Gasteiger partial charge in [-0.25, -0.2) is 0 Å². The summed E-state index contributed by atoms with van der Waals surface area (Å²) in [6, 6.07) is 0. The van der Waals surface area contributed by atoms with E-state index in [1.807, 2.05) is 0 Å². The van der Waals surface area contributed by atoms with Gasteiger partial charge in [-0.2, -0.15) is 0 Å². The van der Waals surface area contributed by atoms with Gasteiger partial charge in [0.1, 0.15) is 6.26 Å². The zero-order valence-corrected chi connectivity index (χ0v) is 5.38. The molecule has 3 nitrogen and oxygen atoms in total. The number of nitrogens with zero attached hydrogens (tertiary/aromatic N) is 2. The first-order valence-corrected chi connectivity index (χ1v) is 2.63. The van der Waals surface area contributed by atoms with Gasteiger partial charge in [-0.15, -0.1) is 5.10 Å². The highest BCUT2D eigenvalue weighted by Crippen LogP contribution is 1.60. The van der Waals surface area contributed by atoms with E-state index in [9.17, 15) is 0 Å². The molecule has 0 spiro atoms. The van der Waals surface area contributed by atoms with Crippen molar-refractivity contribution in [2.75, 3.05) is 0 Å². The monoisotopic (exact) mass is 100 g/mol. The standard InChI is InChI=1S/C2H4N2OSi/c6-2-1-5-4-3-2/h1H,6H3.